The zero-order valence-corrected chi connectivity index (χ0v) is 11.1. The molecule has 0 fully saturated rings. The fourth-order valence-electron chi connectivity index (χ4n) is 2.42. The first-order chi connectivity index (χ1) is 9.99. The number of benzene rings is 2. The summed E-state index contributed by atoms with van der Waals surface area (Å²) in [5.74, 6) is -2.25. The monoisotopic (exact) mass is 291 g/mol. The average Bonchev–Trinajstić information content (AvgIpc) is 2.80. The minimum Gasteiger partial charge on any atom is -0.369 e. The van der Waals surface area contributed by atoms with Crippen molar-refractivity contribution in [3.8, 4) is 0 Å². The van der Waals surface area contributed by atoms with E-state index in [9.17, 15) is 13.2 Å². The zero-order chi connectivity index (χ0) is 15.1. The molecule has 2 N–H and O–H groups in total. The number of halogens is 3. The second kappa shape index (κ2) is 4.80. The van der Waals surface area contributed by atoms with Gasteiger partial charge in [0, 0.05) is 0 Å². The first-order valence-corrected chi connectivity index (χ1v) is 6.36. The van der Waals surface area contributed by atoms with Gasteiger partial charge in [0.1, 0.15) is 11.3 Å². The number of rotatable bonds is 2. The Morgan fingerprint density at radius 3 is 2.38 bits per heavy atom. The Bertz CT molecular complexity index is 809. The van der Waals surface area contributed by atoms with E-state index in [1.165, 1.54) is 22.8 Å². The number of hydrogen-bond acceptors (Lipinski definition) is 2. The van der Waals surface area contributed by atoms with Crippen molar-refractivity contribution in [1.29, 1.82) is 0 Å². The van der Waals surface area contributed by atoms with E-state index in [2.05, 4.69) is 4.98 Å². The second-order valence-electron chi connectivity index (χ2n) is 4.80. The van der Waals surface area contributed by atoms with Gasteiger partial charge in [-0.05, 0) is 36.8 Å². The maximum Gasteiger partial charge on any atom is 0.201 e. The maximum absolute atomic E-state index is 14.1. The Balaban J connectivity index is 2.21. The summed E-state index contributed by atoms with van der Waals surface area (Å²) in [5, 5.41) is 0. The van der Waals surface area contributed by atoms with Gasteiger partial charge in [0.05, 0.1) is 11.6 Å². The molecule has 108 valence electrons. The van der Waals surface area contributed by atoms with Crippen molar-refractivity contribution in [1.82, 2.24) is 9.55 Å². The van der Waals surface area contributed by atoms with Crippen LogP contribution in [0.2, 0.25) is 0 Å². The normalized spacial score (nSPS) is 12.8. The lowest BCUT2D eigenvalue weighted by Crippen LogP contribution is -2.11. The summed E-state index contributed by atoms with van der Waals surface area (Å²) in [6.07, 6.45) is 0. The molecular weight excluding hydrogens is 279 g/mol. The molecule has 1 atom stereocenters. The van der Waals surface area contributed by atoms with E-state index < -0.39 is 17.7 Å². The third-order valence-electron chi connectivity index (χ3n) is 3.51. The Hall–Kier alpha value is -2.50. The molecule has 0 aliphatic rings. The van der Waals surface area contributed by atoms with Crippen LogP contribution in [-0.4, -0.2) is 9.55 Å². The first kappa shape index (κ1) is 13.5. The zero-order valence-electron chi connectivity index (χ0n) is 11.1. The van der Waals surface area contributed by atoms with Crippen LogP contribution in [0.15, 0.2) is 36.4 Å². The number of fused-ring (bicyclic) bond motifs is 1. The summed E-state index contributed by atoms with van der Waals surface area (Å²) >= 11 is 0. The molecule has 0 aliphatic carbocycles. The molecule has 3 aromatic rings. The van der Waals surface area contributed by atoms with Crippen LogP contribution in [0.1, 0.15) is 18.5 Å². The molecule has 1 heterocycles. The highest BCUT2D eigenvalue weighted by Crippen LogP contribution is 2.29. The second-order valence-corrected chi connectivity index (χ2v) is 4.80. The summed E-state index contributed by atoms with van der Waals surface area (Å²) < 4.78 is 41.9. The van der Waals surface area contributed by atoms with Gasteiger partial charge in [-0.15, -0.1) is 0 Å². The van der Waals surface area contributed by atoms with Crippen molar-refractivity contribution in [3.63, 3.8) is 0 Å². The van der Waals surface area contributed by atoms with Crippen LogP contribution >= 0.6 is 0 Å². The van der Waals surface area contributed by atoms with Gasteiger partial charge in [-0.1, -0.05) is 12.1 Å². The minimum atomic E-state index is -0.995. The molecule has 6 heteroatoms. The van der Waals surface area contributed by atoms with Gasteiger partial charge in [-0.2, -0.15) is 0 Å². The highest BCUT2D eigenvalue weighted by molar-refractivity contribution is 5.79. The predicted octanol–water partition coefficient (Wildman–Crippen LogP) is 3.65. The Morgan fingerprint density at radius 2 is 1.71 bits per heavy atom. The SMILES string of the molecule is CC(c1ccc(F)cc1)n1c(N)nc2ccc(F)c(F)c21. The Morgan fingerprint density at radius 1 is 1.05 bits per heavy atom. The van der Waals surface area contributed by atoms with Crippen LogP contribution in [-0.2, 0) is 0 Å². The van der Waals surface area contributed by atoms with Crippen LogP contribution in [0, 0.1) is 17.5 Å². The van der Waals surface area contributed by atoms with Gasteiger partial charge in [0.2, 0.25) is 5.95 Å². The largest absolute Gasteiger partial charge is 0.369 e. The third kappa shape index (κ3) is 2.12. The van der Waals surface area contributed by atoms with Gasteiger partial charge in [-0.3, -0.25) is 0 Å². The molecule has 2 aromatic carbocycles. The third-order valence-corrected chi connectivity index (χ3v) is 3.51. The van der Waals surface area contributed by atoms with Gasteiger partial charge < -0.3 is 10.3 Å². The van der Waals surface area contributed by atoms with Crippen LogP contribution in [0.25, 0.3) is 11.0 Å². The summed E-state index contributed by atoms with van der Waals surface area (Å²) in [6, 6.07) is 7.72. The van der Waals surface area contributed by atoms with Gasteiger partial charge in [0.15, 0.2) is 11.6 Å². The molecule has 1 aromatic heterocycles. The summed E-state index contributed by atoms with van der Waals surface area (Å²) in [7, 11) is 0. The molecule has 0 saturated heterocycles. The van der Waals surface area contributed by atoms with Crippen LogP contribution < -0.4 is 5.73 Å². The number of nitrogens with two attached hydrogens (primary N) is 1. The first-order valence-electron chi connectivity index (χ1n) is 6.36. The van der Waals surface area contributed by atoms with Crippen molar-refractivity contribution in [2.24, 2.45) is 0 Å². The molecule has 0 bridgehead atoms. The van der Waals surface area contributed by atoms with Gasteiger partial charge in [-0.25, -0.2) is 18.2 Å². The van der Waals surface area contributed by atoms with Crippen molar-refractivity contribution in [3.05, 3.63) is 59.4 Å². The van der Waals surface area contributed by atoms with E-state index in [-0.39, 0.29) is 22.8 Å². The molecule has 1 unspecified atom stereocenters. The Kier molecular flexibility index (Phi) is 3.08. The molecule has 0 radical (unpaired) electrons. The van der Waals surface area contributed by atoms with Crippen LogP contribution in [0.5, 0.6) is 0 Å². The number of anilines is 1. The molecule has 21 heavy (non-hydrogen) atoms. The smallest absolute Gasteiger partial charge is 0.201 e. The average molecular weight is 291 g/mol. The predicted molar refractivity (Wildman–Crippen MR) is 74.3 cm³/mol. The van der Waals surface area contributed by atoms with Crippen molar-refractivity contribution < 1.29 is 13.2 Å². The number of hydrogen-bond donors (Lipinski definition) is 1. The number of nitrogen functional groups attached to an aromatic ring is 1. The number of aromatic nitrogens is 2. The highest BCUT2D eigenvalue weighted by atomic mass is 19.2. The van der Waals surface area contributed by atoms with Gasteiger partial charge >= 0.3 is 0 Å². The van der Waals surface area contributed by atoms with Crippen molar-refractivity contribution >= 4 is 17.0 Å². The highest BCUT2D eigenvalue weighted by Gasteiger charge is 2.20. The summed E-state index contributed by atoms with van der Waals surface area (Å²) in [6.45, 7) is 1.76. The van der Waals surface area contributed by atoms with Crippen molar-refractivity contribution in [2.45, 2.75) is 13.0 Å². The minimum absolute atomic E-state index is 0.00400. The summed E-state index contributed by atoms with van der Waals surface area (Å²) in [5.41, 5.74) is 6.83. The van der Waals surface area contributed by atoms with E-state index in [0.717, 1.165) is 6.07 Å². The van der Waals surface area contributed by atoms with Crippen LogP contribution in [0.3, 0.4) is 0 Å². The molecule has 3 rings (SSSR count). The quantitative estimate of drug-likeness (QED) is 0.783. The van der Waals surface area contributed by atoms with E-state index in [0.29, 0.717) is 5.56 Å². The molecule has 3 nitrogen and oxygen atoms in total. The lowest BCUT2D eigenvalue weighted by molar-refractivity contribution is 0.509. The fraction of sp³-hybridized carbons (Fsp3) is 0.133. The van der Waals surface area contributed by atoms with Gasteiger partial charge in [0.25, 0.3) is 0 Å². The fourth-order valence-corrected chi connectivity index (χ4v) is 2.42. The number of nitrogens with zero attached hydrogens (tertiary/aromatic N) is 2. The molecule has 0 spiro atoms. The van der Waals surface area contributed by atoms with E-state index in [1.54, 1.807) is 19.1 Å². The van der Waals surface area contributed by atoms with Crippen LogP contribution in [0.4, 0.5) is 19.1 Å². The molecule has 0 saturated carbocycles. The molecular formula is C15H12F3N3. The standard InChI is InChI=1S/C15H12F3N3/c1-8(9-2-4-10(16)5-3-9)21-14-12(20-15(21)19)7-6-11(17)13(14)18/h2-8H,1H3,(H2,19,20). The summed E-state index contributed by atoms with van der Waals surface area (Å²) in [4.78, 5) is 4.04. The lowest BCUT2D eigenvalue weighted by Gasteiger charge is -2.16. The van der Waals surface area contributed by atoms with E-state index in [1.807, 2.05) is 0 Å². The Labute approximate surface area is 118 Å². The van der Waals surface area contributed by atoms with Crippen molar-refractivity contribution in [2.75, 3.05) is 5.73 Å². The van der Waals surface area contributed by atoms with E-state index >= 15 is 0 Å². The molecule has 0 aliphatic heterocycles. The molecule has 0 amide bonds. The lowest BCUT2D eigenvalue weighted by atomic mass is 10.1. The van der Waals surface area contributed by atoms with E-state index in [4.69, 9.17) is 5.73 Å². The number of imidazole rings is 1. The topological polar surface area (TPSA) is 43.8 Å². The maximum atomic E-state index is 14.1.